The first-order chi connectivity index (χ1) is 7.47. The molecule has 0 aliphatic carbocycles. The molecule has 0 bridgehead atoms. The van der Waals surface area contributed by atoms with Crippen molar-refractivity contribution in [3.05, 3.63) is 29.1 Å². The number of fused-ring (bicyclic) bond motifs is 1. The molecule has 3 nitrogen and oxygen atoms in total. The second-order valence-electron chi connectivity index (χ2n) is 3.65. The van der Waals surface area contributed by atoms with Crippen LogP contribution >= 0.6 is 10.7 Å². The summed E-state index contributed by atoms with van der Waals surface area (Å²) in [4.78, 5) is 0. The average molecular weight is 265 g/mol. The summed E-state index contributed by atoms with van der Waals surface area (Å²) in [5.74, 6) is -0.788. The highest BCUT2D eigenvalue weighted by Gasteiger charge is 2.21. The van der Waals surface area contributed by atoms with E-state index >= 15 is 0 Å². The lowest BCUT2D eigenvalue weighted by molar-refractivity contribution is 0.284. The maximum absolute atomic E-state index is 13.5. The Kier molecular flexibility index (Phi) is 3.08. The topological polar surface area (TPSA) is 43.4 Å². The third-order valence-corrected chi connectivity index (χ3v) is 3.40. The fraction of sp³-hybridized carbons (Fsp3) is 0.400. The average Bonchev–Trinajstić information content (AvgIpc) is 2.21. The molecule has 16 heavy (non-hydrogen) atoms. The molecule has 1 aliphatic heterocycles. The molecule has 0 N–H and O–H groups in total. The van der Waals surface area contributed by atoms with Crippen LogP contribution in [0.15, 0.2) is 12.1 Å². The van der Waals surface area contributed by atoms with Crippen molar-refractivity contribution in [2.75, 3.05) is 6.61 Å². The van der Waals surface area contributed by atoms with Gasteiger partial charge in [-0.25, -0.2) is 12.8 Å². The molecule has 1 aromatic carbocycles. The number of aryl methyl sites for hydroxylation is 1. The molecule has 0 radical (unpaired) electrons. The van der Waals surface area contributed by atoms with E-state index in [1.165, 1.54) is 6.07 Å². The van der Waals surface area contributed by atoms with Gasteiger partial charge in [-0.15, -0.1) is 0 Å². The SMILES string of the molecule is O=S(=O)(Cl)Cc1c(F)ccc2c1OCCC2. The normalized spacial score (nSPS) is 15.4. The first-order valence-corrected chi connectivity index (χ1v) is 7.30. The van der Waals surface area contributed by atoms with E-state index in [1.807, 2.05) is 0 Å². The van der Waals surface area contributed by atoms with Gasteiger partial charge >= 0.3 is 0 Å². The van der Waals surface area contributed by atoms with Gasteiger partial charge < -0.3 is 4.74 Å². The molecule has 1 aliphatic rings. The Balaban J connectivity index is 2.50. The molecular weight excluding hydrogens is 255 g/mol. The van der Waals surface area contributed by atoms with Crippen molar-refractivity contribution in [1.29, 1.82) is 0 Å². The molecule has 2 rings (SSSR count). The summed E-state index contributed by atoms with van der Waals surface area (Å²) < 4.78 is 40.8. The van der Waals surface area contributed by atoms with Crippen LogP contribution in [0.25, 0.3) is 0 Å². The van der Waals surface area contributed by atoms with Gasteiger partial charge in [0.15, 0.2) is 0 Å². The van der Waals surface area contributed by atoms with Gasteiger partial charge in [0.05, 0.1) is 12.4 Å². The highest BCUT2D eigenvalue weighted by Crippen LogP contribution is 2.32. The standard InChI is InChI=1S/C10H10ClFO3S/c11-16(13,14)6-8-9(12)4-3-7-2-1-5-15-10(7)8/h3-4H,1-2,5-6H2. The van der Waals surface area contributed by atoms with E-state index in [1.54, 1.807) is 6.07 Å². The van der Waals surface area contributed by atoms with Crippen molar-refractivity contribution in [3.8, 4) is 5.75 Å². The van der Waals surface area contributed by atoms with Crippen LogP contribution in [0.3, 0.4) is 0 Å². The minimum atomic E-state index is -3.78. The van der Waals surface area contributed by atoms with Crippen molar-refractivity contribution < 1.29 is 17.5 Å². The summed E-state index contributed by atoms with van der Waals surface area (Å²) in [6.45, 7) is 0.478. The zero-order valence-electron chi connectivity index (χ0n) is 8.37. The zero-order valence-corrected chi connectivity index (χ0v) is 9.94. The van der Waals surface area contributed by atoms with Crippen LogP contribution in [0.4, 0.5) is 4.39 Å². The van der Waals surface area contributed by atoms with Gasteiger partial charge in [0.25, 0.3) is 0 Å². The molecule has 0 saturated carbocycles. The van der Waals surface area contributed by atoms with Gasteiger partial charge in [0.1, 0.15) is 11.6 Å². The largest absolute Gasteiger partial charge is 0.493 e. The molecular formula is C10H10ClFO3S. The molecule has 1 heterocycles. The van der Waals surface area contributed by atoms with Gasteiger partial charge in [-0.3, -0.25) is 0 Å². The predicted molar refractivity (Wildman–Crippen MR) is 58.7 cm³/mol. The number of ether oxygens (including phenoxy) is 1. The summed E-state index contributed by atoms with van der Waals surface area (Å²) in [6.07, 6.45) is 1.62. The van der Waals surface area contributed by atoms with Crippen LogP contribution in [0.5, 0.6) is 5.75 Å². The Hall–Kier alpha value is -0.810. The Labute approximate surface area is 97.6 Å². The van der Waals surface area contributed by atoms with Gasteiger partial charge in [-0.2, -0.15) is 0 Å². The Morgan fingerprint density at radius 2 is 2.19 bits per heavy atom. The maximum atomic E-state index is 13.5. The first kappa shape index (κ1) is 11.7. The Bertz CT molecular complexity index is 513. The van der Waals surface area contributed by atoms with Gasteiger partial charge in [-0.1, -0.05) is 6.07 Å². The van der Waals surface area contributed by atoms with Crippen molar-refractivity contribution in [1.82, 2.24) is 0 Å². The van der Waals surface area contributed by atoms with Crippen LogP contribution in [0.2, 0.25) is 0 Å². The summed E-state index contributed by atoms with van der Waals surface area (Å²) in [5.41, 5.74) is 0.871. The first-order valence-electron chi connectivity index (χ1n) is 4.83. The summed E-state index contributed by atoms with van der Waals surface area (Å²) in [5, 5.41) is 0. The molecule has 88 valence electrons. The minimum Gasteiger partial charge on any atom is -0.493 e. The lowest BCUT2D eigenvalue weighted by Crippen LogP contribution is -2.12. The second kappa shape index (κ2) is 4.22. The van der Waals surface area contributed by atoms with E-state index in [0.29, 0.717) is 12.4 Å². The van der Waals surface area contributed by atoms with Gasteiger partial charge in [0, 0.05) is 16.2 Å². The second-order valence-corrected chi connectivity index (χ2v) is 6.43. The van der Waals surface area contributed by atoms with Crippen LogP contribution in [-0.4, -0.2) is 15.0 Å². The quantitative estimate of drug-likeness (QED) is 0.770. The van der Waals surface area contributed by atoms with Crippen molar-refractivity contribution >= 4 is 19.7 Å². The van der Waals surface area contributed by atoms with E-state index in [0.717, 1.165) is 18.4 Å². The van der Waals surface area contributed by atoms with E-state index < -0.39 is 20.6 Å². The maximum Gasteiger partial charge on any atom is 0.237 e. The fourth-order valence-electron chi connectivity index (χ4n) is 1.77. The van der Waals surface area contributed by atoms with E-state index in [-0.39, 0.29) is 5.56 Å². The molecule has 0 unspecified atom stereocenters. The number of hydrogen-bond donors (Lipinski definition) is 0. The molecule has 1 aromatic rings. The molecule has 0 atom stereocenters. The number of halogens is 2. The molecule has 0 amide bonds. The van der Waals surface area contributed by atoms with Crippen molar-refractivity contribution in [2.45, 2.75) is 18.6 Å². The Morgan fingerprint density at radius 3 is 2.88 bits per heavy atom. The van der Waals surface area contributed by atoms with E-state index in [2.05, 4.69) is 0 Å². The highest BCUT2D eigenvalue weighted by atomic mass is 35.7. The predicted octanol–water partition coefficient (Wildman–Crippen LogP) is 2.22. The number of benzene rings is 1. The van der Waals surface area contributed by atoms with Gasteiger partial charge in [0.2, 0.25) is 9.05 Å². The van der Waals surface area contributed by atoms with Crippen molar-refractivity contribution in [2.24, 2.45) is 0 Å². The minimum absolute atomic E-state index is 0.0344. The molecule has 0 saturated heterocycles. The summed E-state index contributed by atoms with van der Waals surface area (Å²) in [6, 6.07) is 2.87. The fourth-order valence-corrected chi connectivity index (χ4v) is 2.71. The van der Waals surface area contributed by atoms with Crippen LogP contribution in [-0.2, 0) is 21.2 Å². The zero-order chi connectivity index (χ0) is 11.8. The Morgan fingerprint density at radius 1 is 1.44 bits per heavy atom. The van der Waals surface area contributed by atoms with Crippen LogP contribution in [0.1, 0.15) is 17.5 Å². The summed E-state index contributed by atoms with van der Waals surface area (Å²) >= 11 is 0. The highest BCUT2D eigenvalue weighted by molar-refractivity contribution is 8.13. The smallest absolute Gasteiger partial charge is 0.237 e. The van der Waals surface area contributed by atoms with Crippen molar-refractivity contribution in [3.63, 3.8) is 0 Å². The van der Waals surface area contributed by atoms with E-state index in [4.69, 9.17) is 15.4 Å². The van der Waals surface area contributed by atoms with Gasteiger partial charge in [-0.05, 0) is 24.5 Å². The van der Waals surface area contributed by atoms with Crippen LogP contribution in [0, 0.1) is 5.82 Å². The lowest BCUT2D eigenvalue weighted by Gasteiger charge is -2.20. The molecule has 0 fully saturated rings. The monoisotopic (exact) mass is 264 g/mol. The molecule has 0 aromatic heterocycles. The third-order valence-electron chi connectivity index (χ3n) is 2.44. The van der Waals surface area contributed by atoms with Crippen LogP contribution < -0.4 is 4.74 Å². The third kappa shape index (κ3) is 2.47. The number of rotatable bonds is 2. The van der Waals surface area contributed by atoms with E-state index in [9.17, 15) is 12.8 Å². The summed E-state index contributed by atoms with van der Waals surface area (Å²) in [7, 11) is 1.35. The lowest BCUT2D eigenvalue weighted by atomic mass is 10.0. The number of hydrogen-bond acceptors (Lipinski definition) is 3. The molecule has 0 spiro atoms. The molecule has 6 heteroatoms.